The van der Waals surface area contributed by atoms with E-state index in [2.05, 4.69) is 23.4 Å². The average Bonchev–Trinajstić information content (AvgIpc) is 3.23. The number of rotatable bonds is 7. The van der Waals surface area contributed by atoms with Crippen LogP contribution in [0, 0.1) is 0 Å². The van der Waals surface area contributed by atoms with E-state index in [0.717, 1.165) is 17.7 Å². The van der Waals surface area contributed by atoms with Crippen LogP contribution in [-0.2, 0) is 18.4 Å². The molecule has 6 heteroatoms. The van der Waals surface area contributed by atoms with Gasteiger partial charge >= 0.3 is 0 Å². The molecule has 4 rings (SSSR count). The highest BCUT2D eigenvalue weighted by molar-refractivity contribution is 7.98. The smallest absolute Gasteiger partial charge is 0.133 e. The summed E-state index contributed by atoms with van der Waals surface area (Å²) >= 11 is 1.75. The van der Waals surface area contributed by atoms with Gasteiger partial charge in [0, 0.05) is 37.5 Å². The van der Waals surface area contributed by atoms with Gasteiger partial charge in [-0.2, -0.15) is 0 Å². The second kappa shape index (κ2) is 9.04. The molecule has 0 bridgehead atoms. The van der Waals surface area contributed by atoms with Crippen LogP contribution in [0.25, 0.3) is 0 Å². The number of aliphatic hydroxyl groups is 2. The third kappa shape index (κ3) is 4.45. The molecule has 2 aromatic rings. The number of nitrogens with zero attached hydrogens (tertiary/aromatic N) is 2. The van der Waals surface area contributed by atoms with Crippen LogP contribution in [0.4, 0.5) is 0 Å². The topological polar surface area (TPSA) is 65.8 Å². The lowest BCUT2D eigenvalue weighted by molar-refractivity contribution is -0.0820. The Morgan fingerprint density at radius 2 is 2.07 bits per heavy atom. The first-order chi connectivity index (χ1) is 14.1. The quantitative estimate of drug-likeness (QED) is 0.678. The van der Waals surface area contributed by atoms with Gasteiger partial charge in [0.15, 0.2) is 0 Å². The number of aliphatic hydroxyl groups excluding tert-OH is 1. The standard InChI is InChI=1S/C23H30N2O3S/c1-29-22-19-6-2-4-17(19)7-8-20(22)28-15-9-21(26)25-13-10-23(27,11-14-25)18-5-3-12-24-16-18/h3,5,7-8,12,16,21,26-27H,2,4,6,9-11,13-15H2,1H3/t21-/m0/s1. The molecule has 0 saturated carbocycles. The molecule has 1 aliphatic carbocycles. The van der Waals surface area contributed by atoms with Gasteiger partial charge in [-0.1, -0.05) is 12.1 Å². The molecule has 0 unspecified atom stereocenters. The van der Waals surface area contributed by atoms with Crippen molar-refractivity contribution in [1.82, 2.24) is 9.88 Å². The van der Waals surface area contributed by atoms with Crippen LogP contribution in [0.3, 0.4) is 0 Å². The Kier molecular flexibility index (Phi) is 6.44. The molecule has 1 saturated heterocycles. The summed E-state index contributed by atoms with van der Waals surface area (Å²) in [7, 11) is 0. The fraction of sp³-hybridized carbons (Fsp3) is 0.522. The number of fused-ring (bicyclic) bond motifs is 1. The fourth-order valence-electron chi connectivity index (χ4n) is 4.52. The summed E-state index contributed by atoms with van der Waals surface area (Å²) in [5.74, 6) is 0.940. The van der Waals surface area contributed by atoms with Gasteiger partial charge < -0.3 is 14.9 Å². The van der Waals surface area contributed by atoms with E-state index < -0.39 is 11.8 Å². The van der Waals surface area contributed by atoms with Crippen molar-refractivity contribution in [3.8, 4) is 5.75 Å². The van der Waals surface area contributed by atoms with Crippen molar-refractivity contribution >= 4 is 11.8 Å². The van der Waals surface area contributed by atoms with Gasteiger partial charge in [-0.3, -0.25) is 9.88 Å². The van der Waals surface area contributed by atoms with E-state index in [4.69, 9.17) is 4.74 Å². The molecule has 0 radical (unpaired) electrons. The number of ether oxygens (including phenoxy) is 1. The van der Waals surface area contributed by atoms with E-state index in [-0.39, 0.29) is 0 Å². The number of aryl methyl sites for hydroxylation is 1. The summed E-state index contributed by atoms with van der Waals surface area (Å²) in [6, 6.07) is 8.05. The van der Waals surface area contributed by atoms with Crippen molar-refractivity contribution in [2.24, 2.45) is 0 Å². The Bertz CT molecular complexity index is 822. The number of thioether (sulfide) groups is 1. The normalized spacial score (nSPS) is 19.7. The monoisotopic (exact) mass is 414 g/mol. The van der Waals surface area contributed by atoms with Gasteiger partial charge in [0.2, 0.25) is 0 Å². The Balaban J connectivity index is 1.29. The zero-order valence-electron chi connectivity index (χ0n) is 17.0. The van der Waals surface area contributed by atoms with Crippen LogP contribution >= 0.6 is 11.8 Å². The first-order valence-corrected chi connectivity index (χ1v) is 11.7. The molecule has 29 heavy (non-hydrogen) atoms. The molecular weight excluding hydrogens is 384 g/mol. The largest absolute Gasteiger partial charge is 0.492 e. The number of pyridine rings is 1. The van der Waals surface area contributed by atoms with E-state index in [1.807, 2.05) is 17.0 Å². The predicted octanol–water partition coefficient (Wildman–Crippen LogP) is 3.36. The van der Waals surface area contributed by atoms with E-state index in [1.165, 1.54) is 28.9 Å². The molecule has 2 N–H and O–H groups in total. The van der Waals surface area contributed by atoms with Gasteiger partial charge in [0.1, 0.15) is 12.0 Å². The zero-order chi connectivity index (χ0) is 20.3. The second-order valence-corrected chi connectivity index (χ2v) is 8.83. The molecule has 156 valence electrons. The molecule has 2 heterocycles. The SMILES string of the molecule is CSc1c(OCC[C@H](O)N2CCC(O)(c3cccnc3)CC2)ccc2c1CCC2. The molecule has 1 fully saturated rings. The minimum atomic E-state index is -0.849. The Labute approximate surface area is 177 Å². The average molecular weight is 415 g/mol. The summed E-state index contributed by atoms with van der Waals surface area (Å²) in [5.41, 5.74) is 2.91. The zero-order valence-corrected chi connectivity index (χ0v) is 17.8. The number of likely N-dealkylation sites (tertiary alicyclic amines) is 1. The van der Waals surface area contributed by atoms with E-state index in [1.54, 1.807) is 24.2 Å². The van der Waals surface area contributed by atoms with Gasteiger partial charge in [0.25, 0.3) is 0 Å². The molecule has 0 amide bonds. The maximum Gasteiger partial charge on any atom is 0.133 e. The third-order valence-corrected chi connectivity index (χ3v) is 7.13. The van der Waals surface area contributed by atoms with Crippen molar-refractivity contribution in [3.63, 3.8) is 0 Å². The van der Waals surface area contributed by atoms with Crippen LogP contribution < -0.4 is 4.74 Å². The maximum atomic E-state index is 10.9. The second-order valence-electron chi connectivity index (χ2n) is 8.02. The number of hydrogen-bond acceptors (Lipinski definition) is 6. The number of piperidine rings is 1. The van der Waals surface area contributed by atoms with Crippen LogP contribution in [0.2, 0.25) is 0 Å². The van der Waals surface area contributed by atoms with E-state index in [9.17, 15) is 10.2 Å². The summed E-state index contributed by atoms with van der Waals surface area (Å²) in [4.78, 5) is 7.42. The Morgan fingerprint density at radius 3 is 2.79 bits per heavy atom. The van der Waals surface area contributed by atoms with Gasteiger partial charge in [-0.15, -0.1) is 11.8 Å². The van der Waals surface area contributed by atoms with Gasteiger partial charge in [-0.25, -0.2) is 0 Å². The van der Waals surface area contributed by atoms with Crippen LogP contribution in [-0.4, -0.2) is 52.3 Å². The molecule has 1 aliphatic heterocycles. The third-order valence-electron chi connectivity index (χ3n) is 6.28. The van der Waals surface area contributed by atoms with Crippen LogP contribution in [0.1, 0.15) is 42.4 Å². The molecule has 1 aromatic heterocycles. The highest BCUT2D eigenvalue weighted by Gasteiger charge is 2.35. The highest BCUT2D eigenvalue weighted by Crippen LogP contribution is 2.38. The van der Waals surface area contributed by atoms with Crippen molar-refractivity contribution in [3.05, 3.63) is 53.3 Å². The molecule has 5 nitrogen and oxygen atoms in total. The van der Waals surface area contributed by atoms with Crippen molar-refractivity contribution in [2.45, 2.75) is 55.2 Å². The number of aromatic nitrogens is 1. The molecule has 1 atom stereocenters. The van der Waals surface area contributed by atoms with Crippen LogP contribution in [0.15, 0.2) is 41.6 Å². The maximum absolute atomic E-state index is 10.9. The molecular formula is C23H30N2O3S. The summed E-state index contributed by atoms with van der Waals surface area (Å²) < 4.78 is 6.06. The molecule has 0 spiro atoms. The minimum Gasteiger partial charge on any atom is -0.492 e. The summed E-state index contributed by atoms with van der Waals surface area (Å²) in [6.07, 6.45) is 10.3. The minimum absolute atomic E-state index is 0.483. The van der Waals surface area contributed by atoms with Gasteiger partial charge in [0.05, 0.1) is 17.1 Å². The lowest BCUT2D eigenvalue weighted by Crippen LogP contribution is -2.47. The van der Waals surface area contributed by atoms with Crippen LogP contribution in [0.5, 0.6) is 5.75 Å². The summed E-state index contributed by atoms with van der Waals surface area (Å²) in [6.45, 7) is 1.79. The highest BCUT2D eigenvalue weighted by atomic mass is 32.2. The first kappa shape index (κ1) is 20.7. The number of hydrogen-bond donors (Lipinski definition) is 2. The van der Waals surface area contributed by atoms with Crippen molar-refractivity contribution < 1.29 is 14.9 Å². The lowest BCUT2D eigenvalue weighted by Gasteiger charge is -2.40. The van der Waals surface area contributed by atoms with Gasteiger partial charge in [-0.05, 0) is 61.6 Å². The lowest BCUT2D eigenvalue weighted by atomic mass is 9.85. The van der Waals surface area contributed by atoms with E-state index >= 15 is 0 Å². The van der Waals surface area contributed by atoms with E-state index in [0.29, 0.717) is 39.0 Å². The first-order valence-electron chi connectivity index (χ1n) is 10.5. The predicted molar refractivity (Wildman–Crippen MR) is 115 cm³/mol. The molecule has 1 aromatic carbocycles. The van der Waals surface area contributed by atoms with Crippen molar-refractivity contribution in [1.29, 1.82) is 0 Å². The number of benzene rings is 1. The summed E-state index contributed by atoms with van der Waals surface area (Å²) in [5, 5.41) is 21.5. The molecule has 2 aliphatic rings. The Morgan fingerprint density at radius 1 is 1.24 bits per heavy atom. The van der Waals surface area contributed by atoms with Crippen molar-refractivity contribution in [2.75, 3.05) is 26.0 Å². The Hall–Kier alpha value is -1.60. The fourth-order valence-corrected chi connectivity index (χ4v) is 5.33.